The van der Waals surface area contributed by atoms with Crippen LogP contribution in [-0.4, -0.2) is 22.9 Å². The zero-order valence-electron chi connectivity index (χ0n) is 12.8. The van der Waals surface area contributed by atoms with Gasteiger partial charge in [-0.05, 0) is 42.0 Å². The van der Waals surface area contributed by atoms with Gasteiger partial charge in [0.05, 0.1) is 21.9 Å². The van der Waals surface area contributed by atoms with Crippen molar-refractivity contribution in [3.8, 4) is 0 Å². The van der Waals surface area contributed by atoms with Crippen LogP contribution in [0.3, 0.4) is 0 Å². The highest BCUT2D eigenvalue weighted by Crippen LogP contribution is 2.22. The van der Waals surface area contributed by atoms with E-state index in [0.717, 1.165) is 9.75 Å². The lowest BCUT2D eigenvalue weighted by molar-refractivity contribution is 0.0947. The molecule has 3 aromatic heterocycles. The van der Waals surface area contributed by atoms with Crippen LogP contribution < -0.4 is 5.32 Å². The summed E-state index contributed by atoms with van der Waals surface area (Å²) in [6.07, 6.45) is 3.56. The van der Waals surface area contributed by atoms with Crippen LogP contribution >= 0.6 is 34.4 Å². The van der Waals surface area contributed by atoms with Crippen LogP contribution in [0.4, 0.5) is 0 Å². The van der Waals surface area contributed by atoms with E-state index in [2.05, 4.69) is 10.3 Å². The van der Waals surface area contributed by atoms with Gasteiger partial charge in [-0.15, -0.1) is 34.4 Å². The molecule has 0 fully saturated rings. The normalized spacial score (nSPS) is 10.5. The molecule has 0 saturated carbocycles. The van der Waals surface area contributed by atoms with E-state index in [1.807, 2.05) is 35.9 Å². The second-order valence-electron chi connectivity index (χ2n) is 4.82. The molecule has 0 unspecified atom stereocenters. The Hall–Kier alpha value is -1.96. The van der Waals surface area contributed by atoms with Gasteiger partial charge in [-0.2, -0.15) is 0 Å². The lowest BCUT2D eigenvalue weighted by atomic mass is 10.2. The fourth-order valence-corrected chi connectivity index (χ4v) is 4.30. The van der Waals surface area contributed by atoms with Crippen molar-refractivity contribution in [2.45, 2.75) is 11.6 Å². The number of thiophene rings is 2. The molecule has 0 saturated heterocycles. The van der Waals surface area contributed by atoms with E-state index in [0.29, 0.717) is 22.0 Å². The predicted molar refractivity (Wildman–Crippen MR) is 99.3 cm³/mol. The van der Waals surface area contributed by atoms with Crippen molar-refractivity contribution in [3.05, 3.63) is 68.2 Å². The summed E-state index contributed by atoms with van der Waals surface area (Å²) in [5, 5.41) is 5.48. The molecule has 0 bridgehead atoms. The van der Waals surface area contributed by atoms with E-state index in [9.17, 15) is 9.59 Å². The molecule has 7 heteroatoms. The van der Waals surface area contributed by atoms with Crippen molar-refractivity contribution in [2.75, 3.05) is 6.26 Å². The maximum atomic E-state index is 12.3. The maximum Gasteiger partial charge on any atom is 0.254 e. The average molecular weight is 375 g/mol. The molecular formula is C17H14N2O2S3. The molecule has 0 aliphatic rings. The van der Waals surface area contributed by atoms with Gasteiger partial charge in [-0.3, -0.25) is 9.59 Å². The molecule has 3 aromatic rings. The predicted octanol–water partition coefficient (Wildman–Crippen LogP) is 4.09. The number of hydrogen-bond acceptors (Lipinski definition) is 6. The average Bonchev–Trinajstić information content (AvgIpc) is 3.30. The first-order chi connectivity index (χ1) is 11.7. The molecule has 24 heavy (non-hydrogen) atoms. The summed E-state index contributed by atoms with van der Waals surface area (Å²) in [5.74, 6) is -0.128. The highest BCUT2D eigenvalue weighted by Gasteiger charge is 2.14. The van der Waals surface area contributed by atoms with Gasteiger partial charge in [0.2, 0.25) is 5.78 Å². The number of thioether (sulfide) groups is 1. The van der Waals surface area contributed by atoms with Crippen molar-refractivity contribution in [2.24, 2.45) is 0 Å². The molecule has 0 atom stereocenters. The highest BCUT2D eigenvalue weighted by molar-refractivity contribution is 7.98. The summed E-state index contributed by atoms with van der Waals surface area (Å²) < 4.78 is 0. The summed E-state index contributed by atoms with van der Waals surface area (Å²) in [7, 11) is 0. The van der Waals surface area contributed by atoms with Crippen LogP contribution in [0.25, 0.3) is 0 Å². The van der Waals surface area contributed by atoms with E-state index in [1.54, 1.807) is 18.3 Å². The first-order valence-electron chi connectivity index (χ1n) is 7.13. The summed E-state index contributed by atoms with van der Waals surface area (Å²) >= 11 is 4.28. The van der Waals surface area contributed by atoms with Crippen LogP contribution in [0.2, 0.25) is 0 Å². The van der Waals surface area contributed by atoms with Gasteiger partial charge in [-0.25, -0.2) is 4.98 Å². The largest absolute Gasteiger partial charge is 0.347 e. The molecular weight excluding hydrogens is 360 g/mol. The van der Waals surface area contributed by atoms with E-state index in [4.69, 9.17) is 0 Å². The van der Waals surface area contributed by atoms with Crippen LogP contribution in [0.15, 0.2) is 53.0 Å². The monoisotopic (exact) mass is 374 g/mol. The molecule has 1 amide bonds. The molecule has 0 spiro atoms. The minimum Gasteiger partial charge on any atom is -0.347 e. The van der Waals surface area contributed by atoms with Crippen LogP contribution in [0.5, 0.6) is 0 Å². The number of pyridine rings is 1. The van der Waals surface area contributed by atoms with Gasteiger partial charge in [0.15, 0.2) is 0 Å². The topological polar surface area (TPSA) is 59.1 Å². The number of nitrogens with one attached hydrogen (secondary N) is 1. The number of carbonyl (C=O) groups excluding carboxylic acids is 2. The smallest absolute Gasteiger partial charge is 0.254 e. The number of rotatable bonds is 6. The molecule has 4 nitrogen and oxygen atoms in total. The summed E-state index contributed by atoms with van der Waals surface area (Å²) in [6.45, 7) is 0.393. The van der Waals surface area contributed by atoms with Gasteiger partial charge < -0.3 is 5.32 Å². The second-order valence-corrected chi connectivity index (χ2v) is 7.73. The minimum absolute atomic E-state index is 0.0319. The van der Waals surface area contributed by atoms with Gasteiger partial charge in [0, 0.05) is 11.1 Å². The standard InChI is InChI=1S/C17H14N2O2S3/c1-22-17-12(4-2-8-18-17)16(21)19-10-11-6-7-14(24-11)15(20)13-5-3-9-23-13/h2-9H,10H2,1H3,(H,19,21). The van der Waals surface area contributed by atoms with Crippen LogP contribution in [-0.2, 0) is 6.54 Å². The number of nitrogens with zero attached hydrogens (tertiary/aromatic N) is 1. The third-order valence-corrected chi connectivity index (χ3v) is 5.93. The lowest BCUT2D eigenvalue weighted by Crippen LogP contribution is -2.23. The lowest BCUT2D eigenvalue weighted by Gasteiger charge is -2.06. The Balaban J connectivity index is 1.65. The fourth-order valence-electron chi connectivity index (χ4n) is 2.11. The van der Waals surface area contributed by atoms with Crippen molar-refractivity contribution >= 4 is 46.1 Å². The third-order valence-electron chi connectivity index (χ3n) is 3.26. The van der Waals surface area contributed by atoms with E-state index >= 15 is 0 Å². The molecule has 0 aromatic carbocycles. The number of amides is 1. The van der Waals surface area contributed by atoms with Crippen molar-refractivity contribution in [3.63, 3.8) is 0 Å². The van der Waals surface area contributed by atoms with Crippen LogP contribution in [0.1, 0.15) is 29.8 Å². The fraction of sp³-hybridized carbons (Fsp3) is 0.118. The number of aromatic nitrogens is 1. The summed E-state index contributed by atoms with van der Waals surface area (Å²) in [4.78, 5) is 31.1. The first kappa shape index (κ1) is 16.9. The molecule has 0 radical (unpaired) electrons. The molecule has 122 valence electrons. The molecule has 3 rings (SSSR count). The Morgan fingerprint density at radius 2 is 2.04 bits per heavy atom. The van der Waals surface area contributed by atoms with E-state index in [1.165, 1.54) is 34.4 Å². The van der Waals surface area contributed by atoms with Gasteiger partial charge >= 0.3 is 0 Å². The highest BCUT2D eigenvalue weighted by atomic mass is 32.2. The Labute approximate surface area is 152 Å². The second kappa shape index (κ2) is 7.74. The third kappa shape index (κ3) is 3.75. The summed E-state index contributed by atoms with van der Waals surface area (Å²) in [5.41, 5.74) is 0.566. The quantitative estimate of drug-likeness (QED) is 0.521. The zero-order chi connectivity index (χ0) is 16.9. The zero-order valence-corrected chi connectivity index (χ0v) is 15.3. The minimum atomic E-state index is -0.160. The first-order valence-corrected chi connectivity index (χ1v) is 10.0. The molecule has 3 heterocycles. The van der Waals surface area contributed by atoms with Crippen molar-refractivity contribution in [1.82, 2.24) is 10.3 Å². The van der Waals surface area contributed by atoms with Gasteiger partial charge in [0.1, 0.15) is 5.03 Å². The SMILES string of the molecule is CSc1ncccc1C(=O)NCc1ccc(C(=O)c2cccs2)s1. The Morgan fingerprint density at radius 3 is 2.79 bits per heavy atom. The number of ketones is 1. The summed E-state index contributed by atoms with van der Waals surface area (Å²) in [6, 6.07) is 10.9. The molecule has 0 aliphatic carbocycles. The molecule has 1 N–H and O–H groups in total. The Morgan fingerprint density at radius 1 is 1.17 bits per heavy atom. The number of carbonyl (C=O) groups is 2. The maximum absolute atomic E-state index is 12.3. The van der Waals surface area contributed by atoms with Gasteiger partial charge in [0.25, 0.3) is 5.91 Å². The van der Waals surface area contributed by atoms with Crippen LogP contribution in [0, 0.1) is 0 Å². The van der Waals surface area contributed by atoms with Crippen molar-refractivity contribution in [1.29, 1.82) is 0 Å². The van der Waals surface area contributed by atoms with E-state index < -0.39 is 0 Å². The van der Waals surface area contributed by atoms with Gasteiger partial charge in [-0.1, -0.05) is 6.07 Å². The number of hydrogen-bond donors (Lipinski definition) is 1. The Bertz CT molecular complexity index is 856. The van der Waals surface area contributed by atoms with E-state index in [-0.39, 0.29) is 11.7 Å². The molecule has 0 aliphatic heterocycles. The Kier molecular flexibility index (Phi) is 5.44. The van der Waals surface area contributed by atoms with Crippen molar-refractivity contribution < 1.29 is 9.59 Å².